The second-order valence-corrected chi connectivity index (χ2v) is 6.95. The lowest BCUT2D eigenvalue weighted by Crippen LogP contribution is -2.18. The van der Waals surface area contributed by atoms with Crippen molar-refractivity contribution in [3.05, 3.63) is 70.0 Å². The van der Waals surface area contributed by atoms with Gasteiger partial charge in [0.1, 0.15) is 22.6 Å². The second kappa shape index (κ2) is 9.11. The molecule has 4 N–H and O–H groups in total. The van der Waals surface area contributed by atoms with Gasteiger partial charge in [0.25, 0.3) is 0 Å². The summed E-state index contributed by atoms with van der Waals surface area (Å²) in [7, 11) is 0. The van der Waals surface area contributed by atoms with Crippen LogP contribution in [0, 0.1) is 40.7 Å². The van der Waals surface area contributed by atoms with Crippen molar-refractivity contribution in [2.75, 3.05) is 11.5 Å². The minimum absolute atomic E-state index is 0.0831. The van der Waals surface area contributed by atoms with E-state index in [1.54, 1.807) is 0 Å². The fourth-order valence-electron chi connectivity index (χ4n) is 2.88. The lowest BCUT2D eigenvalue weighted by molar-refractivity contribution is -0.148. The standard InChI is InChI=1S/C20H7F13N2O2/c21-12-4(34)1-8(14(23)17(12)26)36-6-3-7(37-9-2-5(35)13(22)18(27)15(9)24)11(20(31,32)33)16(25)10(6)19(28,29)30/h1-3H,34-35H2. The summed E-state index contributed by atoms with van der Waals surface area (Å²) in [5.74, 6) is -23.9. The molecule has 0 radical (unpaired) electrons. The molecule has 0 atom stereocenters. The van der Waals surface area contributed by atoms with Crippen molar-refractivity contribution >= 4 is 11.4 Å². The largest absolute Gasteiger partial charge is 0.453 e. The molecular formula is C20H7F13N2O2. The molecule has 37 heavy (non-hydrogen) atoms. The lowest BCUT2D eigenvalue weighted by Gasteiger charge is -2.21. The molecule has 0 unspecified atom stereocenters. The summed E-state index contributed by atoms with van der Waals surface area (Å²) in [5.41, 5.74) is 1.91. The van der Waals surface area contributed by atoms with E-state index in [0.717, 1.165) is 0 Å². The van der Waals surface area contributed by atoms with Crippen molar-refractivity contribution in [2.45, 2.75) is 12.4 Å². The number of hydrogen-bond acceptors (Lipinski definition) is 4. The Balaban J connectivity index is 2.34. The van der Waals surface area contributed by atoms with E-state index in [4.69, 9.17) is 11.5 Å². The molecule has 0 aliphatic carbocycles. The lowest BCUT2D eigenvalue weighted by atomic mass is 10.1. The Kier molecular flexibility index (Phi) is 6.78. The van der Waals surface area contributed by atoms with Gasteiger partial charge in [-0.05, 0) is 0 Å². The zero-order chi connectivity index (χ0) is 28.2. The van der Waals surface area contributed by atoms with E-state index >= 15 is 0 Å². The van der Waals surface area contributed by atoms with Gasteiger partial charge in [0.2, 0.25) is 11.6 Å². The van der Waals surface area contributed by atoms with E-state index < -0.39 is 98.6 Å². The third-order valence-corrected chi connectivity index (χ3v) is 4.48. The van der Waals surface area contributed by atoms with Crippen LogP contribution in [-0.2, 0) is 12.4 Å². The zero-order valence-electron chi connectivity index (χ0n) is 17.1. The third kappa shape index (κ3) is 4.97. The molecule has 0 spiro atoms. The third-order valence-electron chi connectivity index (χ3n) is 4.48. The Morgan fingerprint density at radius 1 is 0.432 bits per heavy atom. The molecule has 17 heteroatoms. The van der Waals surface area contributed by atoms with Crippen LogP contribution in [0.25, 0.3) is 0 Å². The molecule has 3 aromatic carbocycles. The minimum atomic E-state index is -6.00. The summed E-state index contributed by atoms with van der Waals surface area (Å²) in [6, 6.07) is -0.220. The van der Waals surface area contributed by atoms with Crippen molar-refractivity contribution in [2.24, 2.45) is 0 Å². The molecular weight excluding hydrogens is 547 g/mol. The molecule has 0 bridgehead atoms. The monoisotopic (exact) mass is 554 g/mol. The highest BCUT2D eigenvalue weighted by molar-refractivity contribution is 5.56. The Hall–Kier alpha value is -4.05. The van der Waals surface area contributed by atoms with E-state index in [2.05, 4.69) is 9.47 Å². The average Bonchev–Trinajstić information content (AvgIpc) is 2.76. The van der Waals surface area contributed by atoms with Gasteiger partial charge < -0.3 is 20.9 Å². The van der Waals surface area contributed by atoms with Crippen LogP contribution in [0.3, 0.4) is 0 Å². The number of ether oxygens (including phenoxy) is 2. The van der Waals surface area contributed by atoms with Gasteiger partial charge in [-0.25, -0.2) is 22.0 Å². The van der Waals surface area contributed by atoms with Gasteiger partial charge in [0.05, 0.1) is 11.4 Å². The van der Waals surface area contributed by atoms with Crippen molar-refractivity contribution in [1.82, 2.24) is 0 Å². The SMILES string of the molecule is Nc1cc(Oc2cc(Oc3cc(N)c(F)c(F)c3F)c(C(F)(F)F)c(F)c2C(F)(F)F)c(F)c(F)c1F. The number of nitrogen functional groups attached to an aromatic ring is 2. The van der Waals surface area contributed by atoms with Crippen LogP contribution < -0.4 is 20.9 Å². The Bertz CT molecular complexity index is 1300. The first-order valence-electron chi connectivity index (χ1n) is 9.08. The number of hydrogen-bond donors (Lipinski definition) is 2. The highest BCUT2D eigenvalue weighted by Gasteiger charge is 2.47. The number of benzene rings is 3. The number of nitrogens with two attached hydrogens (primary N) is 2. The van der Waals surface area contributed by atoms with E-state index in [-0.39, 0.29) is 18.2 Å². The van der Waals surface area contributed by atoms with Crippen molar-refractivity contribution < 1.29 is 66.5 Å². The summed E-state index contributed by atoms with van der Waals surface area (Å²) in [6.07, 6.45) is -12.0. The quantitative estimate of drug-likeness (QED) is 0.200. The molecule has 0 amide bonds. The molecule has 0 saturated heterocycles. The summed E-state index contributed by atoms with van der Waals surface area (Å²) in [5, 5.41) is 0. The van der Waals surface area contributed by atoms with Crippen LogP contribution in [0.2, 0.25) is 0 Å². The highest BCUT2D eigenvalue weighted by atomic mass is 19.4. The summed E-state index contributed by atoms with van der Waals surface area (Å²) < 4.78 is 187. The molecule has 0 heterocycles. The molecule has 0 aliphatic heterocycles. The van der Waals surface area contributed by atoms with Crippen molar-refractivity contribution in [1.29, 1.82) is 0 Å². The van der Waals surface area contributed by atoms with Crippen LogP contribution in [-0.4, -0.2) is 0 Å². The molecule has 0 aliphatic rings. The van der Waals surface area contributed by atoms with Gasteiger partial charge in [-0.3, -0.25) is 0 Å². The maximum atomic E-state index is 14.7. The van der Waals surface area contributed by atoms with Gasteiger partial charge >= 0.3 is 12.4 Å². The van der Waals surface area contributed by atoms with E-state index in [1.165, 1.54) is 0 Å². The topological polar surface area (TPSA) is 70.5 Å². The normalized spacial score (nSPS) is 12.1. The Labute approximate surface area is 195 Å². The van der Waals surface area contributed by atoms with Gasteiger partial charge in [-0.15, -0.1) is 0 Å². The average molecular weight is 554 g/mol. The second-order valence-electron chi connectivity index (χ2n) is 6.95. The van der Waals surface area contributed by atoms with Crippen molar-refractivity contribution in [3.63, 3.8) is 0 Å². The predicted molar refractivity (Wildman–Crippen MR) is 98.0 cm³/mol. The zero-order valence-corrected chi connectivity index (χ0v) is 17.1. The number of anilines is 2. The molecule has 0 saturated carbocycles. The van der Waals surface area contributed by atoms with Gasteiger partial charge in [-0.2, -0.15) is 35.1 Å². The number of rotatable bonds is 4. The van der Waals surface area contributed by atoms with Crippen LogP contribution in [0.5, 0.6) is 23.0 Å². The fourth-order valence-corrected chi connectivity index (χ4v) is 2.88. The summed E-state index contributed by atoms with van der Waals surface area (Å²) in [6.45, 7) is 0. The van der Waals surface area contributed by atoms with Crippen LogP contribution >= 0.6 is 0 Å². The molecule has 200 valence electrons. The van der Waals surface area contributed by atoms with Crippen molar-refractivity contribution in [3.8, 4) is 23.0 Å². The smallest absolute Gasteiger partial charge is 0.422 e. The molecule has 3 rings (SSSR count). The maximum absolute atomic E-state index is 14.7. The Morgan fingerprint density at radius 2 is 0.757 bits per heavy atom. The van der Waals surface area contributed by atoms with E-state index in [9.17, 15) is 57.1 Å². The summed E-state index contributed by atoms with van der Waals surface area (Å²) >= 11 is 0. The van der Waals surface area contributed by atoms with Gasteiger partial charge in [-0.1, -0.05) is 0 Å². The van der Waals surface area contributed by atoms with Crippen LogP contribution in [0.1, 0.15) is 11.1 Å². The van der Waals surface area contributed by atoms with E-state index in [1.807, 2.05) is 0 Å². The molecule has 4 nitrogen and oxygen atoms in total. The molecule has 3 aromatic rings. The maximum Gasteiger partial charge on any atom is 0.422 e. The first-order valence-corrected chi connectivity index (χ1v) is 9.08. The number of alkyl halides is 6. The molecule has 0 fully saturated rings. The van der Waals surface area contributed by atoms with E-state index in [0.29, 0.717) is 0 Å². The van der Waals surface area contributed by atoms with Gasteiger partial charge in [0, 0.05) is 18.2 Å². The minimum Gasteiger partial charge on any atom is -0.453 e. The Morgan fingerprint density at radius 3 is 1.05 bits per heavy atom. The first-order chi connectivity index (χ1) is 16.9. The summed E-state index contributed by atoms with van der Waals surface area (Å²) in [4.78, 5) is 0. The fraction of sp³-hybridized carbons (Fsp3) is 0.100. The highest BCUT2D eigenvalue weighted by Crippen LogP contribution is 2.50. The predicted octanol–water partition coefficient (Wildman–Crippen LogP) is 7.45. The number of halogens is 13. The van der Waals surface area contributed by atoms with Crippen LogP contribution in [0.4, 0.5) is 68.5 Å². The van der Waals surface area contributed by atoms with Gasteiger partial charge in [0.15, 0.2) is 40.6 Å². The van der Waals surface area contributed by atoms with Crippen LogP contribution in [0.15, 0.2) is 18.2 Å². The first kappa shape index (κ1) is 27.5. The molecule has 0 aromatic heterocycles.